The summed E-state index contributed by atoms with van der Waals surface area (Å²) in [5, 5.41) is 14.2. The molecule has 5 rings (SSSR count). The van der Waals surface area contributed by atoms with Gasteiger partial charge in [0, 0.05) is 43.3 Å². The van der Waals surface area contributed by atoms with Crippen molar-refractivity contribution < 1.29 is 27.5 Å². The van der Waals surface area contributed by atoms with Gasteiger partial charge in [0.2, 0.25) is 5.91 Å². The van der Waals surface area contributed by atoms with E-state index in [-0.39, 0.29) is 29.0 Å². The lowest BCUT2D eigenvalue weighted by atomic mass is 9.88. The van der Waals surface area contributed by atoms with Crippen molar-refractivity contribution in [1.29, 1.82) is 0 Å². The number of piperazine rings is 1. The summed E-state index contributed by atoms with van der Waals surface area (Å²) in [7, 11) is 0. The van der Waals surface area contributed by atoms with Gasteiger partial charge in [0.15, 0.2) is 0 Å². The maximum absolute atomic E-state index is 14.6. The number of hydrogen-bond donors (Lipinski definition) is 2. The Morgan fingerprint density at radius 1 is 1.15 bits per heavy atom. The molecule has 7 nitrogen and oxygen atoms in total. The molecule has 11 heteroatoms. The van der Waals surface area contributed by atoms with Gasteiger partial charge in [0.1, 0.15) is 23.6 Å². The van der Waals surface area contributed by atoms with Gasteiger partial charge in [-0.05, 0) is 63.6 Å². The Hall–Kier alpha value is -2.79. The van der Waals surface area contributed by atoms with Crippen LogP contribution in [0.3, 0.4) is 0 Å². The number of halogens is 4. The first-order valence-corrected chi connectivity index (χ1v) is 13.4. The van der Waals surface area contributed by atoms with Crippen LogP contribution >= 0.6 is 0 Å². The van der Waals surface area contributed by atoms with Gasteiger partial charge in [-0.3, -0.25) is 4.79 Å². The molecule has 2 N–H and O–H groups in total. The third kappa shape index (κ3) is 5.23. The van der Waals surface area contributed by atoms with Crippen molar-refractivity contribution in [1.82, 2.24) is 20.2 Å². The van der Waals surface area contributed by atoms with Gasteiger partial charge in [-0.1, -0.05) is 13.0 Å². The van der Waals surface area contributed by atoms with E-state index < -0.39 is 29.1 Å². The number of nitrogens with zero attached hydrogens (tertiary/aromatic N) is 4. The number of hydrogen-bond acceptors (Lipinski definition) is 6. The van der Waals surface area contributed by atoms with Gasteiger partial charge in [-0.25, -0.2) is 14.4 Å². The van der Waals surface area contributed by atoms with E-state index >= 15 is 0 Å². The largest absolute Gasteiger partial charge is 0.419 e. The zero-order chi connectivity index (χ0) is 28.3. The van der Waals surface area contributed by atoms with Crippen molar-refractivity contribution in [3.8, 4) is 0 Å². The zero-order valence-corrected chi connectivity index (χ0v) is 22.6. The predicted octanol–water partition coefficient (Wildman–Crippen LogP) is 4.31. The Bertz CT molecular complexity index is 1260. The lowest BCUT2D eigenvalue weighted by molar-refractivity contribution is -0.140. The molecule has 3 aliphatic rings. The molecule has 3 heterocycles. The molecule has 4 atom stereocenters. The van der Waals surface area contributed by atoms with E-state index in [9.17, 15) is 27.5 Å². The molecule has 2 fully saturated rings. The molecule has 212 valence electrons. The van der Waals surface area contributed by atoms with E-state index in [1.54, 1.807) is 11.8 Å². The number of amides is 1. The number of alkyl halides is 3. The maximum Gasteiger partial charge on any atom is 0.419 e. The molecular formula is C28H35F4N5O2. The molecule has 0 bridgehead atoms. The number of aliphatic hydroxyl groups is 1. The van der Waals surface area contributed by atoms with Gasteiger partial charge in [-0.15, -0.1) is 0 Å². The summed E-state index contributed by atoms with van der Waals surface area (Å²) in [5.41, 5.74) is -0.784. The van der Waals surface area contributed by atoms with Crippen LogP contribution in [-0.2, 0) is 16.6 Å². The van der Waals surface area contributed by atoms with Crippen LogP contribution in [0.5, 0.6) is 0 Å². The van der Waals surface area contributed by atoms with Crippen molar-refractivity contribution in [2.75, 3.05) is 31.1 Å². The van der Waals surface area contributed by atoms with Crippen LogP contribution in [0.15, 0.2) is 24.5 Å². The van der Waals surface area contributed by atoms with E-state index in [0.717, 1.165) is 29.9 Å². The van der Waals surface area contributed by atoms with E-state index in [2.05, 4.69) is 20.2 Å². The highest BCUT2D eigenvalue weighted by Gasteiger charge is 2.44. The Morgan fingerprint density at radius 3 is 2.44 bits per heavy atom. The fourth-order valence-electron chi connectivity index (χ4n) is 6.57. The maximum atomic E-state index is 14.6. The van der Waals surface area contributed by atoms with Crippen LogP contribution in [-0.4, -0.2) is 63.6 Å². The number of carbonyl (C=O) groups excluding carboxylic acids is 1. The molecular weight excluding hydrogens is 514 g/mol. The predicted molar refractivity (Wildman–Crippen MR) is 138 cm³/mol. The lowest BCUT2D eigenvalue weighted by Crippen LogP contribution is -2.53. The average Bonchev–Trinajstić information content (AvgIpc) is 3.33. The topological polar surface area (TPSA) is 81.6 Å². The highest BCUT2D eigenvalue weighted by molar-refractivity contribution is 5.85. The number of fused-ring (bicyclic) bond motifs is 1. The molecule has 1 aliphatic carbocycles. The van der Waals surface area contributed by atoms with Crippen LogP contribution in [0.1, 0.15) is 81.2 Å². The molecule has 0 unspecified atom stereocenters. The molecule has 2 saturated heterocycles. The van der Waals surface area contributed by atoms with Crippen LogP contribution < -0.4 is 10.2 Å². The Labute approximate surface area is 225 Å². The van der Waals surface area contributed by atoms with Crippen molar-refractivity contribution in [3.05, 3.63) is 52.7 Å². The first-order valence-electron chi connectivity index (χ1n) is 13.4. The summed E-state index contributed by atoms with van der Waals surface area (Å²) >= 11 is 0. The van der Waals surface area contributed by atoms with Crippen molar-refractivity contribution >= 4 is 11.7 Å². The van der Waals surface area contributed by atoms with E-state index in [1.807, 2.05) is 20.8 Å². The Morgan fingerprint density at radius 2 is 1.85 bits per heavy atom. The summed E-state index contributed by atoms with van der Waals surface area (Å²) < 4.78 is 54.2. The minimum Gasteiger partial charge on any atom is -0.384 e. The molecule has 39 heavy (non-hydrogen) atoms. The number of rotatable bonds is 4. The van der Waals surface area contributed by atoms with E-state index in [4.69, 9.17) is 0 Å². The van der Waals surface area contributed by atoms with E-state index in [0.29, 0.717) is 44.7 Å². The monoisotopic (exact) mass is 549 g/mol. The number of nitrogens with one attached hydrogen (secondary N) is 1. The standard InChI is InChI=1S/C28H35F4N5O2/c1-16-14-27(4,39)23-21(16)24(34-15-33-23)36-9-11-37(12-10-36)25(38)22(20-7-8-26(2,3)35-20)17-5-6-18(19(29)13-17)28(30,31)32/h5-6,13,15-16,20,22,35,39H,7-12,14H2,1-4H3/t16-,20+,22+,27-/m1/s1. The normalized spacial score (nSPS) is 27.5. The fourth-order valence-corrected chi connectivity index (χ4v) is 6.57. The summed E-state index contributed by atoms with van der Waals surface area (Å²) in [6, 6.07) is 2.51. The average molecular weight is 550 g/mol. The van der Waals surface area contributed by atoms with Gasteiger partial charge < -0.3 is 20.2 Å². The molecule has 1 aromatic carbocycles. The molecule has 1 amide bonds. The second-order valence-electron chi connectivity index (χ2n) is 12.0. The SMILES string of the molecule is C[C@@H]1C[C@@](C)(O)c2ncnc(N3CCN(C(=O)[C@@H](c4ccc(C(F)(F)F)c(F)c4)[C@@H]4CCC(C)(C)N4)CC3)c21. The molecule has 2 aliphatic heterocycles. The third-order valence-electron chi connectivity index (χ3n) is 8.44. The van der Waals surface area contributed by atoms with Crippen LogP contribution in [0.4, 0.5) is 23.4 Å². The smallest absolute Gasteiger partial charge is 0.384 e. The lowest BCUT2D eigenvalue weighted by Gasteiger charge is -2.39. The summed E-state index contributed by atoms with van der Waals surface area (Å²) in [6.07, 6.45) is -1.35. The number of anilines is 1. The summed E-state index contributed by atoms with van der Waals surface area (Å²) in [5.74, 6) is -1.57. The highest BCUT2D eigenvalue weighted by Crippen LogP contribution is 2.46. The van der Waals surface area contributed by atoms with E-state index in [1.165, 1.54) is 12.4 Å². The van der Waals surface area contributed by atoms with Crippen molar-refractivity contribution in [3.63, 3.8) is 0 Å². The Balaban J connectivity index is 1.38. The minimum absolute atomic E-state index is 0.0848. The van der Waals surface area contributed by atoms with Crippen LogP contribution in [0.2, 0.25) is 0 Å². The Kier molecular flexibility index (Phi) is 6.90. The first-order chi connectivity index (χ1) is 18.2. The fraction of sp³-hybridized carbons (Fsp3) is 0.607. The molecule has 0 spiro atoms. The van der Waals surface area contributed by atoms with Crippen molar-refractivity contribution in [2.45, 2.75) is 82.2 Å². The number of aromatic nitrogens is 2. The number of carbonyl (C=O) groups is 1. The third-order valence-corrected chi connectivity index (χ3v) is 8.44. The van der Waals surface area contributed by atoms with Gasteiger partial charge >= 0.3 is 6.18 Å². The van der Waals surface area contributed by atoms with Crippen LogP contribution in [0.25, 0.3) is 0 Å². The first kappa shape index (κ1) is 27.8. The van der Waals surface area contributed by atoms with Gasteiger partial charge in [0.05, 0.1) is 17.2 Å². The summed E-state index contributed by atoms with van der Waals surface area (Å²) in [6.45, 7) is 9.60. The molecule has 0 saturated carbocycles. The van der Waals surface area contributed by atoms with Gasteiger partial charge in [0.25, 0.3) is 0 Å². The van der Waals surface area contributed by atoms with Gasteiger partial charge in [-0.2, -0.15) is 13.2 Å². The number of benzene rings is 1. The highest BCUT2D eigenvalue weighted by atomic mass is 19.4. The second kappa shape index (κ2) is 9.69. The van der Waals surface area contributed by atoms with Crippen molar-refractivity contribution in [2.24, 2.45) is 0 Å². The minimum atomic E-state index is -4.81. The molecule has 2 aromatic rings. The molecule has 1 aromatic heterocycles. The zero-order valence-electron chi connectivity index (χ0n) is 22.6. The summed E-state index contributed by atoms with van der Waals surface area (Å²) in [4.78, 5) is 26.6. The molecule has 0 radical (unpaired) electrons. The second-order valence-corrected chi connectivity index (χ2v) is 12.0. The van der Waals surface area contributed by atoms with Crippen LogP contribution in [0, 0.1) is 5.82 Å². The quantitative estimate of drug-likeness (QED) is 0.554.